The van der Waals surface area contributed by atoms with E-state index in [-0.39, 0.29) is 18.5 Å². The van der Waals surface area contributed by atoms with Crippen LogP contribution in [-0.2, 0) is 17.9 Å². The Morgan fingerprint density at radius 3 is 2.87 bits per heavy atom. The first-order valence-corrected chi connectivity index (χ1v) is 8.34. The number of hydrogen-bond acceptors (Lipinski definition) is 5. The first-order valence-electron chi connectivity index (χ1n) is 8.34. The van der Waals surface area contributed by atoms with Gasteiger partial charge in [-0.05, 0) is 35.6 Å². The van der Waals surface area contributed by atoms with Gasteiger partial charge in [-0.15, -0.1) is 5.10 Å². The number of aromatic nitrogens is 6. The summed E-state index contributed by atoms with van der Waals surface area (Å²) in [5.41, 5.74) is 0. The molecule has 2 aromatic rings. The van der Waals surface area contributed by atoms with Crippen molar-refractivity contribution >= 4 is 5.91 Å². The molecule has 2 aromatic heterocycles. The van der Waals surface area contributed by atoms with Crippen molar-refractivity contribution < 1.29 is 4.79 Å². The number of amides is 1. The van der Waals surface area contributed by atoms with Gasteiger partial charge in [0, 0.05) is 25.5 Å². The molecule has 0 N–H and O–H groups in total. The van der Waals surface area contributed by atoms with E-state index in [9.17, 15) is 4.79 Å². The number of aryl methyl sites for hydroxylation is 1. The smallest absolute Gasteiger partial charge is 0.245 e. The molecule has 0 spiro atoms. The Hall–Kier alpha value is -2.25. The summed E-state index contributed by atoms with van der Waals surface area (Å²) < 4.78 is 3.71. The maximum Gasteiger partial charge on any atom is 0.245 e. The fourth-order valence-corrected chi connectivity index (χ4v) is 3.97. The van der Waals surface area contributed by atoms with Crippen molar-refractivity contribution in [3.05, 3.63) is 24.5 Å². The van der Waals surface area contributed by atoms with Crippen molar-refractivity contribution in [2.75, 3.05) is 6.54 Å². The highest BCUT2D eigenvalue weighted by Crippen LogP contribution is 2.40. The van der Waals surface area contributed by atoms with Crippen LogP contribution in [0.1, 0.15) is 44.0 Å². The summed E-state index contributed by atoms with van der Waals surface area (Å²) in [6.07, 6.45) is 11.2. The minimum absolute atomic E-state index is 0.0747. The van der Waals surface area contributed by atoms with Gasteiger partial charge in [-0.25, -0.2) is 9.67 Å². The molecule has 4 rings (SSSR count). The summed E-state index contributed by atoms with van der Waals surface area (Å²) in [4.78, 5) is 19.5. The number of tetrazole rings is 1. The highest BCUT2D eigenvalue weighted by molar-refractivity contribution is 5.76. The average Bonchev–Trinajstić information content (AvgIpc) is 3.29. The molecule has 0 radical (unpaired) electrons. The molecule has 1 aliphatic heterocycles. The van der Waals surface area contributed by atoms with Crippen LogP contribution in [0.3, 0.4) is 0 Å². The predicted molar refractivity (Wildman–Crippen MR) is 81.1 cm³/mol. The van der Waals surface area contributed by atoms with Crippen molar-refractivity contribution in [1.82, 2.24) is 34.7 Å². The van der Waals surface area contributed by atoms with E-state index in [4.69, 9.17) is 0 Å². The van der Waals surface area contributed by atoms with Gasteiger partial charge in [0.1, 0.15) is 18.7 Å². The molecule has 0 bridgehead atoms. The molecule has 2 aliphatic rings. The predicted octanol–water partition coefficient (Wildman–Crippen LogP) is 1.03. The van der Waals surface area contributed by atoms with Crippen molar-refractivity contribution in [2.24, 2.45) is 5.92 Å². The molecule has 3 heterocycles. The summed E-state index contributed by atoms with van der Waals surface area (Å²) >= 11 is 0. The van der Waals surface area contributed by atoms with Crippen molar-refractivity contribution in [2.45, 2.75) is 51.2 Å². The van der Waals surface area contributed by atoms with E-state index >= 15 is 0 Å². The number of rotatable bonds is 3. The lowest BCUT2D eigenvalue weighted by atomic mass is 9.95. The minimum atomic E-state index is 0.0747. The zero-order chi connectivity index (χ0) is 15.6. The molecular formula is C15H21N7O. The molecule has 0 aromatic carbocycles. The molecule has 1 amide bonds. The minimum Gasteiger partial charge on any atom is -0.333 e. The maximum absolute atomic E-state index is 12.9. The standard InChI is InChI=1S/C15H21N7O/c23-13(10-21-11-17-18-19-21)22-8-3-7-20-9-6-16-15(20)14(22)12-4-1-2-5-12/h6,9,11-12,14H,1-5,7-8,10H2. The fourth-order valence-electron chi connectivity index (χ4n) is 3.97. The van der Waals surface area contributed by atoms with Gasteiger partial charge in [0.15, 0.2) is 0 Å². The van der Waals surface area contributed by atoms with Crippen LogP contribution in [-0.4, -0.2) is 47.1 Å². The normalized spacial score (nSPS) is 22.1. The van der Waals surface area contributed by atoms with Gasteiger partial charge in [-0.3, -0.25) is 4.79 Å². The molecule has 8 heteroatoms. The van der Waals surface area contributed by atoms with E-state index in [2.05, 4.69) is 25.1 Å². The van der Waals surface area contributed by atoms with E-state index in [0.717, 1.165) is 25.3 Å². The molecule has 8 nitrogen and oxygen atoms in total. The summed E-state index contributed by atoms with van der Waals surface area (Å²) in [6.45, 7) is 1.88. The third-order valence-corrected chi connectivity index (χ3v) is 5.00. The quantitative estimate of drug-likeness (QED) is 0.845. The second-order valence-electron chi connectivity index (χ2n) is 6.42. The molecule has 23 heavy (non-hydrogen) atoms. The van der Waals surface area contributed by atoms with Gasteiger partial charge < -0.3 is 9.47 Å². The zero-order valence-electron chi connectivity index (χ0n) is 13.1. The van der Waals surface area contributed by atoms with E-state index in [0.29, 0.717) is 5.92 Å². The van der Waals surface area contributed by atoms with Crippen LogP contribution in [0.2, 0.25) is 0 Å². The first kappa shape index (κ1) is 14.3. The second-order valence-corrected chi connectivity index (χ2v) is 6.42. The zero-order valence-corrected chi connectivity index (χ0v) is 13.1. The van der Waals surface area contributed by atoms with E-state index in [1.54, 1.807) is 0 Å². The molecule has 122 valence electrons. The Labute approximate surface area is 134 Å². The number of nitrogens with zero attached hydrogens (tertiary/aromatic N) is 7. The van der Waals surface area contributed by atoms with Gasteiger partial charge in [-0.1, -0.05) is 12.8 Å². The van der Waals surface area contributed by atoms with Gasteiger partial charge in [0.2, 0.25) is 5.91 Å². The number of carbonyl (C=O) groups is 1. The van der Waals surface area contributed by atoms with Crippen LogP contribution in [0.5, 0.6) is 0 Å². The van der Waals surface area contributed by atoms with Crippen LogP contribution in [0.4, 0.5) is 0 Å². The number of hydrogen-bond donors (Lipinski definition) is 0. The van der Waals surface area contributed by atoms with E-state index in [1.165, 1.54) is 36.7 Å². The maximum atomic E-state index is 12.9. The van der Waals surface area contributed by atoms with Crippen molar-refractivity contribution in [1.29, 1.82) is 0 Å². The first-order chi connectivity index (χ1) is 11.3. The monoisotopic (exact) mass is 315 g/mol. The Morgan fingerprint density at radius 2 is 2.09 bits per heavy atom. The largest absolute Gasteiger partial charge is 0.333 e. The summed E-state index contributed by atoms with van der Waals surface area (Å²) in [6, 6.07) is 0.0824. The second kappa shape index (κ2) is 6.10. The fraction of sp³-hybridized carbons (Fsp3) is 0.667. The molecule has 1 aliphatic carbocycles. The number of carbonyl (C=O) groups excluding carboxylic acids is 1. The lowest BCUT2D eigenvalue weighted by molar-refractivity contribution is -0.136. The highest BCUT2D eigenvalue weighted by Gasteiger charge is 2.37. The Kier molecular flexibility index (Phi) is 3.80. The Balaban J connectivity index is 1.64. The molecule has 1 unspecified atom stereocenters. The van der Waals surface area contributed by atoms with Crippen LogP contribution in [0.25, 0.3) is 0 Å². The van der Waals surface area contributed by atoms with Crippen molar-refractivity contribution in [3.8, 4) is 0 Å². The van der Waals surface area contributed by atoms with Crippen LogP contribution < -0.4 is 0 Å². The van der Waals surface area contributed by atoms with Gasteiger partial charge in [-0.2, -0.15) is 0 Å². The molecule has 0 saturated heterocycles. The van der Waals surface area contributed by atoms with Crippen LogP contribution >= 0.6 is 0 Å². The molecule has 1 atom stereocenters. The molecule has 1 fully saturated rings. The Morgan fingerprint density at radius 1 is 1.22 bits per heavy atom. The molecular weight excluding hydrogens is 294 g/mol. The van der Waals surface area contributed by atoms with Crippen LogP contribution in [0, 0.1) is 5.92 Å². The van der Waals surface area contributed by atoms with Gasteiger partial charge >= 0.3 is 0 Å². The lowest BCUT2D eigenvalue weighted by Gasteiger charge is -2.33. The van der Waals surface area contributed by atoms with Crippen molar-refractivity contribution in [3.63, 3.8) is 0 Å². The summed E-state index contributed by atoms with van der Waals surface area (Å²) in [5, 5.41) is 11.0. The van der Waals surface area contributed by atoms with E-state index in [1.807, 2.05) is 17.3 Å². The Bertz CT molecular complexity index is 659. The van der Waals surface area contributed by atoms with E-state index < -0.39 is 0 Å². The highest BCUT2D eigenvalue weighted by atomic mass is 16.2. The summed E-state index contributed by atoms with van der Waals surface area (Å²) in [5.74, 6) is 1.62. The SMILES string of the molecule is O=C(Cn1cnnn1)N1CCCn2ccnc2C1C1CCCC1. The third kappa shape index (κ3) is 2.73. The number of fused-ring (bicyclic) bond motifs is 1. The number of imidazole rings is 1. The topological polar surface area (TPSA) is 81.7 Å². The summed E-state index contributed by atoms with van der Waals surface area (Å²) in [7, 11) is 0. The van der Waals surface area contributed by atoms with Crippen LogP contribution in [0.15, 0.2) is 18.7 Å². The van der Waals surface area contributed by atoms with Gasteiger partial charge in [0.05, 0.1) is 6.04 Å². The third-order valence-electron chi connectivity index (χ3n) is 5.00. The lowest BCUT2D eigenvalue weighted by Crippen LogP contribution is -2.40. The molecule has 1 saturated carbocycles. The average molecular weight is 315 g/mol. The van der Waals surface area contributed by atoms with Gasteiger partial charge in [0.25, 0.3) is 0 Å².